The van der Waals surface area contributed by atoms with Crippen molar-refractivity contribution in [1.29, 1.82) is 0 Å². The monoisotopic (exact) mass is 386 g/mol. The molecule has 2 aromatic rings. The molecule has 1 aromatic carbocycles. The number of aryl methyl sites for hydroxylation is 2. The van der Waals surface area contributed by atoms with Gasteiger partial charge in [0.15, 0.2) is 17.2 Å². The van der Waals surface area contributed by atoms with E-state index in [1.54, 1.807) is 6.20 Å². The topological polar surface area (TPSA) is 72.8 Å². The summed E-state index contributed by atoms with van der Waals surface area (Å²) in [7, 11) is 0. The van der Waals surface area contributed by atoms with Crippen molar-refractivity contribution in [2.24, 2.45) is 0 Å². The first-order valence-corrected chi connectivity index (χ1v) is 10.0. The van der Waals surface area contributed by atoms with E-state index in [1.165, 1.54) is 5.56 Å². The maximum absolute atomic E-state index is 9.30. The Kier molecular flexibility index (Phi) is 7.37. The van der Waals surface area contributed by atoms with Crippen LogP contribution in [0.15, 0.2) is 30.5 Å². The summed E-state index contributed by atoms with van der Waals surface area (Å²) >= 11 is 0. The second-order valence-electron chi connectivity index (χ2n) is 7.10. The molecule has 28 heavy (non-hydrogen) atoms. The highest BCUT2D eigenvalue weighted by atomic mass is 16.7. The fourth-order valence-corrected chi connectivity index (χ4v) is 3.34. The molecule has 1 aliphatic rings. The summed E-state index contributed by atoms with van der Waals surface area (Å²) in [5, 5.41) is 12.8. The van der Waals surface area contributed by atoms with Crippen LogP contribution in [0.1, 0.15) is 43.9 Å². The van der Waals surface area contributed by atoms with Gasteiger partial charge in [-0.05, 0) is 56.4 Å². The number of hydrogen-bond acceptors (Lipinski definition) is 6. The Bertz CT molecular complexity index is 760. The largest absolute Gasteiger partial charge is 0.490 e. The van der Waals surface area contributed by atoms with Gasteiger partial charge in [0.2, 0.25) is 6.79 Å². The standard InChI is InChI=1S/C22H30N2O4/c1-3-5-18(9-10-25)24-19-12-16(2)23-14-22(19)26-11-4-6-17-7-8-20-21(13-17)28-15-27-20/h7-8,12-14,18,25H,3-6,9-11,15H2,1-2H3,(H,23,24)/t18-/m0/s1. The first kappa shape index (κ1) is 20.3. The van der Waals surface area contributed by atoms with Crippen LogP contribution in [-0.4, -0.2) is 36.1 Å². The van der Waals surface area contributed by atoms with E-state index in [1.807, 2.05) is 25.1 Å². The Hall–Kier alpha value is -2.47. The van der Waals surface area contributed by atoms with Gasteiger partial charge in [-0.1, -0.05) is 19.4 Å². The van der Waals surface area contributed by atoms with Gasteiger partial charge >= 0.3 is 0 Å². The van der Waals surface area contributed by atoms with E-state index in [2.05, 4.69) is 23.3 Å². The van der Waals surface area contributed by atoms with Crippen LogP contribution in [0.5, 0.6) is 17.2 Å². The number of nitrogens with one attached hydrogen (secondary N) is 1. The van der Waals surface area contributed by atoms with Crippen molar-refractivity contribution >= 4 is 5.69 Å². The summed E-state index contributed by atoms with van der Waals surface area (Å²) in [6, 6.07) is 8.30. The number of aliphatic hydroxyl groups is 1. The van der Waals surface area contributed by atoms with Gasteiger partial charge in [0.25, 0.3) is 0 Å². The minimum Gasteiger partial charge on any atom is -0.490 e. The minimum absolute atomic E-state index is 0.174. The number of benzene rings is 1. The molecule has 0 unspecified atom stereocenters. The molecule has 3 rings (SSSR count). The third kappa shape index (κ3) is 5.52. The first-order chi connectivity index (χ1) is 13.7. The summed E-state index contributed by atoms with van der Waals surface area (Å²) in [5.41, 5.74) is 3.09. The molecule has 0 spiro atoms. The van der Waals surface area contributed by atoms with Crippen molar-refractivity contribution < 1.29 is 19.3 Å². The summed E-state index contributed by atoms with van der Waals surface area (Å²) in [5.74, 6) is 2.39. The molecule has 6 nitrogen and oxygen atoms in total. The number of nitrogens with zero attached hydrogens (tertiary/aromatic N) is 1. The van der Waals surface area contributed by atoms with Gasteiger partial charge in [-0.2, -0.15) is 0 Å². The molecule has 1 aromatic heterocycles. The van der Waals surface area contributed by atoms with Crippen LogP contribution in [0.25, 0.3) is 0 Å². The Balaban J connectivity index is 1.54. The van der Waals surface area contributed by atoms with E-state index in [-0.39, 0.29) is 12.6 Å². The summed E-state index contributed by atoms with van der Waals surface area (Å²) < 4.78 is 16.8. The lowest BCUT2D eigenvalue weighted by molar-refractivity contribution is 0.174. The lowest BCUT2D eigenvalue weighted by Gasteiger charge is -2.21. The van der Waals surface area contributed by atoms with Crippen molar-refractivity contribution in [1.82, 2.24) is 4.98 Å². The van der Waals surface area contributed by atoms with Gasteiger partial charge in [-0.3, -0.25) is 4.98 Å². The molecule has 1 aliphatic heterocycles. The zero-order valence-electron chi connectivity index (χ0n) is 16.7. The Morgan fingerprint density at radius 1 is 1.21 bits per heavy atom. The molecular weight excluding hydrogens is 356 g/mol. The quantitative estimate of drug-likeness (QED) is 0.567. The van der Waals surface area contributed by atoms with Crippen LogP contribution in [-0.2, 0) is 6.42 Å². The number of aromatic nitrogens is 1. The molecule has 0 aliphatic carbocycles. The zero-order valence-corrected chi connectivity index (χ0v) is 16.7. The van der Waals surface area contributed by atoms with Crippen LogP contribution in [0, 0.1) is 6.92 Å². The smallest absolute Gasteiger partial charge is 0.231 e. The number of rotatable bonds is 11. The van der Waals surface area contributed by atoms with E-state index in [9.17, 15) is 5.11 Å². The van der Waals surface area contributed by atoms with Gasteiger partial charge in [-0.15, -0.1) is 0 Å². The average Bonchev–Trinajstić information content (AvgIpc) is 3.15. The fourth-order valence-electron chi connectivity index (χ4n) is 3.34. The molecule has 0 fully saturated rings. The molecule has 6 heteroatoms. The highest BCUT2D eigenvalue weighted by Gasteiger charge is 2.14. The second-order valence-corrected chi connectivity index (χ2v) is 7.10. The molecule has 0 bridgehead atoms. The number of ether oxygens (including phenoxy) is 3. The van der Waals surface area contributed by atoms with Crippen molar-refractivity contribution in [2.45, 2.75) is 52.0 Å². The number of pyridine rings is 1. The molecule has 2 N–H and O–H groups in total. The molecular formula is C22H30N2O4. The van der Waals surface area contributed by atoms with E-state index >= 15 is 0 Å². The second kappa shape index (κ2) is 10.2. The number of anilines is 1. The van der Waals surface area contributed by atoms with Crippen LogP contribution in [0.3, 0.4) is 0 Å². The third-order valence-electron chi connectivity index (χ3n) is 4.78. The minimum atomic E-state index is 0.174. The van der Waals surface area contributed by atoms with Gasteiger partial charge in [0.1, 0.15) is 0 Å². The molecule has 152 valence electrons. The first-order valence-electron chi connectivity index (χ1n) is 10.0. The Labute approximate surface area is 166 Å². The highest BCUT2D eigenvalue weighted by molar-refractivity contribution is 5.56. The maximum Gasteiger partial charge on any atom is 0.231 e. The van der Waals surface area contributed by atoms with Crippen molar-refractivity contribution in [3.05, 3.63) is 41.7 Å². The Morgan fingerprint density at radius 3 is 2.89 bits per heavy atom. The molecule has 0 amide bonds. The fraction of sp³-hybridized carbons (Fsp3) is 0.500. The van der Waals surface area contributed by atoms with Gasteiger partial charge in [0.05, 0.1) is 18.5 Å². The molecule has 0 saturated carbocycles. The maximum atomic E-state index is 9.30. The van der Waals surface area contributed by atoms with E-state index in [0.717, 1.165) is 60.7 Å². The zero-order chi connectivity index (χ0) is 19.8. The van der Waals surface area contributed by atoms with Crippen molar-refractivity contribution in [3.8, 4) is 17.2 Å². The van der Waals surface area contributed by atoms with Crippen LogP contribution < -0.4 is 19.5 Å². The van der Waals surface area contributed by atoms with Gasteiger partial charge in [-0.25, -0.2) is 0 Å². The average molecular weight is 386 g/mol. The van der Waals surface area contributed by atoms with E-state index in [0.29, 0.717) is 13.4 Å². The van der Waals surface area contributed by atoms with Crippen molar-refractivity contribution in [2.75, 3.05) is 25.3 Å². The predicted molar refractivity (Wildman–Crippen MR) is 109 cm³/mol. The SMILES string of the molecule is CCC[C@@H](CCO)Nc1cc(C)ncc1OCCCc1ccc2c(c1)OCO2. The summed E-state index contributed by atoms with van der Waals surface area (Å²) in [4.78, 5) is 4.37. The molecule has 0 saturated heterocycles. The predicted octanol–water partition coefficient (Wildman–Crippen LogP) is 4.09. The summed E-state index contributed by atoms with van der Waals surface area (Å²) in [6.07, 6.45) is 6.36. The number of hydrogen-bond donors (Lipinski definition) is 2. The lowest BCUT2D eigenvalue weighted by atomic mass is 10.1. The molecule has 2 heterocycles. The van der Waals surface area contributed by atoms with Gasteiger partial charge < -0.3 is 24.6 Å². The van der Waals surface area contributed by atoms with E-state index < -0.39 is 0 Å². The van der Waals surface area contributed by atoms with Crippen LogP contribution >= 0.6 is 0 Å². The highest BCUT2D eigenvalue weighted by Crippen LogP contribution is 2.33. The third-order valence-corrected chi connectivity index (χ3v) is 4.78. The molecule has 1 atom stereocenters. The number of aliphatic hydroxyl groups excluding tert-OH is 1. The van der Waals surface area contributed by atoms with E-state index in [4.69, 9.17) is 14.2 Å². The van der Waals surface area contributed by atoms with Crippen molar-refractivity contribution in [3.63, 3.8) is 0 Å². The Morgan fingerprint density at radius 2 is 2.07 bits per heavy atom. The van der Waals surface area contributed by atoms with Crippen LogP contribution in [0.4, 0.5) is 5.69 Å². The number of fused-ring (bicyclic) bond motifs is 1. The lowest BCUT2D eigenvalue weighted by Crippen LogP contribution is -2.21. The van der Waals surface area contributed by atoms with Gasteiger partial charge in [0, 0.05) is 18.3 Å². The normalized spacial score (nSPS) is 13.4. The van der Waals surface area contributed by atoms with Crippen LogP contribution in [0.2, 0.25) is 0 Å². The molecule has 0 radical (unpaired) electrons. The summed E-state index contributed by atoms with van der Waals surface area (Å²) in [6.45, 7) is 5.19.